The van der Waals surface area contributed by atoms with Crippen LogP contribution in [0, 0.1) is 0 Å². The highest BCUT2D eigenvalue weighted by Gasteiger charge is 2.25. The molecule has 1 fully saturated rings. The van der Waals surface area contributed by atoms with E-state index in [4.69, 9.17) is 11.6 Å². The van der Waals surface area contributed by atoms with Gasteiger partial charge in [0.25, 0.3) is 0 Å². The number of pyridine rings is 1. The van der Waals surface area contributed by atoms with Crippen molar-refractivity contribution in [1.29, 1.82) is 0 Å². The number of nitrogens with one attached hydrogen (secondary N) is 1. The second-order valence-electron chi connectivity index (χ2n) is 6.40. The van der Waals surface area contributed by atoms with Crippen LogP contribution >= 0.6 is 11.6 Å². The molecule has 3 nitrogen and oxygen atoms in total. The molecule has 1 aliphatic carbocycles. The number of benzene rings is 1. The van der Waals surface area contributed by atoms with Crippen LogP contribution in [0.25, 0.3) is 10.9 Å². The van der Waals surface area contributed by atoms with Crippen molar-refractivity contribution in [1.82, 2.24) is 9.88 Å². The minimum Gasteiger partial charge on any atom is -0.382 e. The zero-order valence-electron chi connectivity index (χ0n) is 14.1. The van der Waals surface area contributed by atoms with Crippen LogP contribution in [0.5, 0.6) is 0 Å². The zero-order valence-corrected chi connectivity index (χ0v) is 14.8. The summed E-state index contributed by atoms with van der Waals surface area (Å²) in [4.78, 5) is 7.03. The summed E-state index contributed by atoms with van der Waals surface area (Å²) in [5, 5.41) is 5.66. The Morgan fingerprint density at radius 2 is 2.04 bits per heavy atom. The summed E-state index contributed by atoms with van der Waals surface area (Å²) in [6.07, 6.45) is 6.96. The highest BCUT2D eigenvalue weighted by molar-refractivity contribution is 6.31. The Balaban J connectivity index is 1.76. The molecule has 23 heavy (non-hydrogen) atoms. The van der Waals surface area contributed by atoms with E-state index in [9.17, 15) is 0 Å². The SMILES string of the molecule is CCN(CC)[C@H]1CCC[C@@H](Nc2ccnc3cc(Cl)ccc23)C1. The number of anilines is 1. The summed E-state index contributed by atoms with van der Waals surface area (Å²) < 4.78 is 0. The molecule has 0 saturated heterocycles. The van der Waals surface area contributed by atoms with Crippen molar-refractivity contribution in [3.8, 4) is 0 Å². The molecule has 2 atom stereocenters. The van der Waals surface area contributed by atoms with Gasteiger partial charge in [0, 0.05) is 34.4 Å². The molecule has 1 N–H and O–H groups in total. The predicted molar refractivity (Wildman–Crippen MR) is 99.3 cm³/mol. The van der Waals surface area contributed by atoms with E-state index in [2.05, 4.69) is 41.2 Å². The van der Waals surface area contributed by atoms with Gasteiger partial charge in [-0.3, -0.25) is 4.98 Å². The first-order valence-corrected chi connectivity index (χ1v) is 9.14. The lowest BCUT2D eigenvalue weighted by molar-refractivity contribution is 0.166. The summed E-state index contributed by atoms with van der Waals surface area (Å²) >= 11 is 6.08. The standard InChI is InChI=1S/C19H26ClN3/c1-3-23(4-2)16-7-5-6-15(13-16)22-18-10-11-21-19-12-14(20)8-9-17(18)19/h8-12,15-16H,3-7,13H2,1-2H3,(H,21,22)/t15-,16+/m1/s1. The number of nitrogens with zero attached hydrogens (tertiary/aromatic N) is 2. The lowest BCUT2D eigenvalue weighted by Crippen LogP contribution is -2.42. The topological polar surface area (TPSA) is 28.2 Å². The highest BCUT2D eigenvalue weighted by atomic mass is 35.5. The minimum absolute atomic E-state index is 0.538. The largest absolute Gasteiger partial charge is 0.382 e. The van der Waals surface area contributed by atoms with Crippen LogP contribution in [-0.2, 0) is 0 Å². The van der Waals surface area contributed by atoms with E-state index in [1.165, 1.54) is 31.4 Å². The molecular weight excluding hydrogens is 306 g/mol. The minimum atomic E-state index is 0.538. The quantitative estimate of drug-likeness (QED) is 0.839. The summed E-state index contributed by atoms with van der Waals surface area (Å²) in [7, 11) is 0. The number of halogens is 1. The number of hydrogen-bond donors (Lipinski definition) is 1. The third-order valence-corrected chi connectivity index (χ3v) is 5.27. The van der Waals surface area contributed by atoms with Gasteiger partial charge in [0.05, 0.1) is 5.52 Å². The molecule has 0 spiro atoms. The maximum Gasteiger partial charge on any atom is 0.0737 e. The molecule has 1 saturated carbocycles. The van der Waals surface area contributed by atoms with Crippen LogP contribution in [-0.4, -0.2) is 35.1 Å². The van der Waals surface area contributed by atoms with E-state index in [-0.39, 0.29) is 0 Å². The number of rotatable bonds is 5. The van der Waals surface area contributed by atoms with E-state index < -0.39 is 0 Å². The van der Waals surface area contributed by atoms with E-state index in [0.29, 0.717) is 12.1 Å². The summed E-state index contributed by atoms with van der Waals surface area (Å²) in [6.45, 7) is 6.82. The Kier molecular flexibility index (Phi) is 5.39. The van der Waals surface area contributed by atoms with Gasteiger partial charge in [0.2, 0.25) is 0 Å². The van der Waals surface area contributed by atoms with Gasteiger partial charge in [-0.25, -0.2) is 0 Å². The van der Waals surface area contributed by atoms with Gasteiger partial charge in [0.15, 0.2) is 0 Å². The Morgan fingerprint density at radius 3 is 2.83 bits per heavy atom. The molecule has 1 aromatic carbocycles. The van der Waals surface area contributed by atoms with Crippen molar-refractivity contribution in [3.63, 3.8) is 0 Å². The zero-order chi connectivity index (χ0) is 16.2. The van der Waals surface area contributed by atoms with Crippen LogP contribution < -0.4 is 5.32 Å². The molecule has 4 heteroatoms. The number of hydrogen-bond acceptors (Lipinski definition) is 3. The van der Waals surface area contributed by atoms with Crippen LogP contribution in [0.3, 0.4) is 0 Å². The molecule has 0 aliphatic heterocycles. The lowest BCUT2D eigenvalue weighted by atomic mass is 9.89. The number of aromatic nitrogens is 1. The molecule has 1 aromatic heterocycles. The lowest BCUT2D eigenvalue weighted by Gasteiger charge is -2.37. The molecular formula is C19H26ClN3. The van der Waals surface area contributed by atoms with Crippen LogP contribution in [0.2, 0.25) is 5.02 Å². The smallest absolute Gasteiger partial charge is 0.0737 e. The first kappa shape index (κ1) is 16.5. The van der Waals surface area contributed by atoms with Gasteiger partial charge in [-0.2, -0.15) is 0 Å². The van der Waals surface area contributed by atoms with Gasteiger partial charge >= 0.3 is 0 Å². The summed E-state index contributed by atoms with van der Waals surface area (Å²) in [5.41, 5.74) is 2.13. The van der Waals surface area contributed by atoms with Gasteiger partial charge in [-0.15, -0.1) is 0 Å². The van der Waals surface area contributed by atoms with Crippen LogP contribution in [0.1, 0.15) is 39.5 Å². The van der Waals surface area contributed by atoms with Crippen molar-refractivity contribution in [2.45, 2.75) is 51.6 Å². The first-order valence-electron chi connectivity index (χ1n) is 8.76. The summed E-state index contributed by atoms with van der Waals surface area (Å²) in [6, 6.07) is 9.27. The second-order valence-corrected chi connectivity index (χ2v) is 6.84. The molecule has 0 unspecified atom stereocenters. The van der Waals surface area contributed by atoms with E-state index in [0.717, 1.165) is 29.0 Å². The fraction of sp³-hybridized carbons (Fsp3) is 0.526. The van der Waals surface area contributed by atoms with E-state index >= 15 is 0 Å². The predicted octanol–water partition coefficient (Wildman–Crippen LogP) is 4.95. The fourth-order valence-corrected chi connectivity index (χ4v) is 4.00. The molecule has 3 rings (SSSR count). The third kappa shape index (κ3) is 3.78. The Labute approximate surface area is 144 Å². The molecule has 0 radical (unpaired) electrons. The molecule has 1 heterocycles. The average Bonchev–Trinajstić information content (AvgIpc) is 2.56. The average molecular weight is 332 g/mol. The van der Waals surface area contributed by atoms with Gasteiger partial charge in [0.1, 0.15) is 0 Å². The van der Waals surface area contributed by atoms with Crippen molar-refractivity contribution in [3.05, 3.63) is 35.5 Å². The van der Waals surface area contributed by atoms with Gasteiger partial charge in [-0.05, 0) is 63.0 Å². The van der Waals surface area contributed by atoms with Gasteiger partial charge < -0.3 is 10.2 Å². The maximum absolute atomic E-state index is 6.08. The number of fused-ring (bicyclic) bond motifs is 1. The normalized spacial score (nSPS) is 21.7. The summed E-state index contributed by atoms with van der Waals surface area (Å²) in [5.74, 6) is 0. The van der Waals surface area contributed by atoms with Crippen LogP contribution in [0.4, 0.5) is 5.69 Å². The van der Waals surface area contributed by atoms with Crippen molar-refractivity contribution >= 4 is 28.2 Å². The second kappa shape index (κ2) is 7.50. The maximum atomic E-state index is 6.08. The fourth-order valence-electron chi connectivity index (χ4n) is 3.83. The Bertz CT molecular complexity index is 654. The molecule has 1 aliphatic rings. The third-order valence-electron chi connectivity index (χ3n) is 5.04. The monoisotopic (exact) mass is 331 g/mol. The Hall–Kier alpha value is -1.32. The molecule has 124 valence electrons. The molecule has 0 bridgehead atoms. The first-order chi connectivity index (χ1) is 11.2. The Morgan fingerprint density at radius 1 is 1.22 bits per heavy atom. The molecule has 0 amide bonds. The van der Waals surface area contributed by atoms with Crippen molar-refractivity contribution in [2.24, 2.45) is 0 Å². The highest BCUT2D eigenvalue weighted by Crippen LogP contribution is 2.29. The van der Waals surface area contributed by atoms with Crippen molar-refractivity contribution < 1.29 is 0 Å². The van der Waals surface area contributed by atoms with E-state index in [1.807, 2.05) is 18.3 Å². The van der Waals surface area contributed by atoms with Gasteiger partial charge in [-0.1, -0.05) is 25.4 Å². The molecule has 2 aromatic rings. The van der Waals surface area contributed by atoms with Crippen molar-refractivity contribution in [2.75, 3.05) is 18.4 Å². The van der Waals surface area contributed by atoms with E-state index in [1.54, 1.807) is 0 Å². The van der Waals surface area contributed by atoms with Crippen LogP contribution in [0.15, 0.2) is 30.5 Å².